The molecule has 0 saturated carbocycles. The molecule has 1 aromatic heterocycles. The second kappa shape index (κ2) is 12.3. The molecule has 0 saturated heterocycles. The first-order chi connectivity index (χ1) is 16.0. The van der Waals surface area contributed by atoms with Gasteiger partial charge in [-0.3, -0.25) is 9.59 Å². The van der Waals surface area contributed by atoms with Crippen molar-refractivity contribution >= 4 is 33.2 Å². The average molecular weight is 487 g/mol. The van der Waals surface area contributed by atoms with Crippen LogP contribution in [0.15, 0.2) is 82.4 Å². The lowest BCUT2D eigenvalue weighted by Gasteiger charge is -2.18. The van der Waals surface area contributed by atoms with Crippen LogP contribution in [0, 0.1) is 0 Å². The standard InChI is InChI=1S/C24H26N2O5S2/c27-22(18-31-23(28)14-16-26-33(29,30)24-12-7-17-32-24)25-15-13-21(19-8-3-1-4-9-19)20-10-5-2-6-11-20/h1-12,17,21,26H,13-16,18H2,(H,25,27). The Morgan fingerprint density at radius 1 is 0.879 bits per heavy atom. The van der Waals surface area contributed by atoms with E-state index in [9.17, 15) is 18.0 Å². The van der Waals surface area contributed by atoms with Gasteiger partial charge in [0.25, 0.3) is 5.91 Å². The summed E-state index contributed by atoms with van der Waals surface area (Å²) in [7, 11) is -3.63. The highest BCUT2D eigenvalue weighted by atomic mass is 32.2. The molecule has 1 amide bonds. The van der Waals surface area contributed by atoms with Gasteiger partial charge in [-0.25, -0.2) is 13.1 Å². The van der Waals surface area contributed by atoms with E-state index in [1.807, 2.05) is 36.4 Å². The van der Waals surface area contributed by atoms with Crippen LogP contribution in [-0.4, -0.2) is 40.0 Å². The van der Waals surface area contributed by atoms with Crippen LogP contribution in [0.4, 0.5) is 0 Å². The summed E-state index contributed by atoms with van der Waals surface area (Å²) in [6, 6.07) is 23.3. The largest absolute Gasteiger partial charge is 0.456 e. The summed E-state index contributed by atoms with van der Waals surface area (Å²) in [6.45, 7) is -0.0835. The predicted molar refractivity (Wildman–Crippen MR) is 127 cm³/mol. The lowest BCUT2D eigenvalue weighted by atomic mass is 9.88. The summed E-state index contributed by atoms with van der Waals surface area (Å²) in [5, 5.41) is 4.44. The van der Waals surface area contributed by atoms with E-state index in [1.165, 1.54) is 6.07 Å². The highest BCUT2D eigenvalue weighted by molar-refractivity contribution is 7.91. The van der Waals surface area contributed by atoms with E-state index >= 15 is 0 Å². The molecule has 0 fully saturated rings. The number of benzene rings is 2. The number of thiophene rings is 1. The molecule has 7 nitrogen and oxygen atoms in total. The van der Waals surface area contributed by atoms with Gasteiger partial charge in [-0.15, -0.1) is 11.3 Å². The summed E-state index contributed by atoms with van der Waals surface area (Å²) in [6.07, 6.45) is 0.528. The lowest BCUT2D eigenvalue weighted by Crippen LogP contribution is -2.31. The molecule has 0 aliphatic heterocycles. The number of carbonyl (C=O) groups excluding carboxylic acids is 2. The summed E-state index contributed by atoms with van der Waals surface area (Å²) in [5.74, 6) is -0.917. The van der Waals surface area contributed by atoms with Crippen molar-refractivity contribution in [2.45, 2.75) is 23.0 Å². The fourth-order valence-corrected chi connectivity index (χ4v) is 5.37. The van der Waals surface area contributed by atoms with E-state index in [4.69, 9.17) is 4.74 Å². The van der Waals surface area contributed by atoms with Crippen LogP contribution in [0.3, 0.4) is 0 Å². The van der Waals surface area contributed by atoms with Crippen LogP contribution in [0.25, 0.3) is 0 Å². The van der Waals surface area contributed by atoms with Crippen LogP contribution in [-0.2, 0) is 24.3 Å². The van der Waals surface area contributed by atoms with Gasteiger partial charge in [0.2, 0.25) is 10.0 Å². The summed E-state index contributed by atoms with van der Waals surface area (Å²) in [5.41, 5.74) is 2.32. The Labute approximate surface area is 197 Å². The summed E-state index contributed by atoms with van der Waals surface area (Å²) in [4.78, 5) is 23.9. The minimum atomic E-state index is -3.63. The van der Waals surface area contributed by atoms with Gasteiger partial charge in [0.15, 0.2) is 6.61 Å². The third-order valence-corrected chi connectivity index (χ3v) is 7.76. The fraction of sp³-hybridized carbons (Fsp3) is 0.250. The number of sulfonamides is 1. The molecule has 174 valence electrons. The van der Waals surface area contributed by atoms with Crippen LogP contribution in [0.5, 0.6) is 0 Å². The Kier molecular flexibility index (Phi) is 9.17. The average Bonchev–Trinajstić information content (AvgIpc) is 3.38. The second-order valence-electron chi connectivity index (χ2n) is 7.25. The summed E-state index contributed by atoms with van der Waals surface area (Å²) >= 11 is 1.09. The van der Waals surface area contributed by atoms with Gasteiger partial charge < -0.3 is 10.1 Å². The van der Waals surface area contributed by atoms with Crippen molar-refractivity contribution in [3.05, 3.63) is 89.3 Å². The number of carbonyl (C=O) groups is 2. The number of ether oxygens (including phenoxy) is 1. The van der Waals surface area contributed by atoms with Crippen molar-refractivity contribution in [3.8, 4) is 0 Å². The maximum absolute atomic E-state index is 12.1. The number of amides is 1. The molecule has 0 unspecified atom stereocenters. The molecule has 0 aliphatic carbocycles. The molecular formula is C24H26N2O5S2. The highest BCUT2D eigenvalue weighted by Gasteiger charge is 2.17. The van der Waals surface area contributed by atoms with Crippen LogP contribution >= 0.6 is 11.3 Å². The topological polar surface area (TPSA) is 102 Å². The van der Waals surface area contributed by atoms with Gasteiger partial charge in [0.05, 0.1) is 6.42 Å². The highest BCUT2D eigenvalue weighted by Crippen LogP contribution is 2.27. The number of hydrogen-bond donors (Lipinski definition) is 2. The molecule has 3 rings (SSSR count). The van der Waals surface area contributed by atoms with Crippen molar-refractivity contribution in [3.63, 3.8) is 0 Å². The Morgan fingerprint density at radius 2 is 1.52 bits per heavy atom. The number of rotatable bonds is 12. The first-order valence-corrected chi connectivity index (χ1v) is 12.9. The van der Waals surface area contributed by atoms with E-state index in [0.717, 1.165) is 22.5 Å². The van der Waals surface area contributed by atoms with E-state index in [2.05, 4.69) is 34.3 Å². The molecule has 0 radical (unpaired) electrons. The molecule has 9 heteroatoms. The first-order valence-electron chi connectivity index (χ1n) is 10.5. The zero-order valence-electron chi connectivity index (χ0n) is 18.0. The quantitative estimate of drug-likeness (QED) is 0.383. The van der Waals surface area contributed by atoms with Crippen molar-refractivity contribution in [2.75, 3.05) is 19.7 Å². The number of hydrogen-bond acceptors (Lipinski definition) is 6. The Morgan fingerprint density at radius 3 is 2.09 bits per heavy atom. The maximum Gasteiger partial charge on any atom is 0.307 e. The van der Waals surface area contributed by atoms with Crippen LogP contribution < -0.4 is 10.0 Å². The molecular weight excluding hydrogens is 460 g/mol. The Hall–Kier alpha value is -3.01. The van der Waals surface area contributed by atoms with Crippen molar-refractivity contribution in [1.29, 1.82) is 0 Å². The minimum absolute atomic E-state index is 0.101. The summed E-state index contributed by atoms with van der Waals surface area (Å²) < 4.78 is 31.5. The smallest absolute Gasteiger partial charge is 0.307 e. The monoisotopic (exact) mass is 486 g/mol. The normalized spacial score (nSPS) is 11.3. The van der Waals surface area contributed by atoms with Crippen LogP contribution in [0.2, 0.25) is 0 Å². The molecule has 0 atom stereocenters. The molecule has 3 aromatic rings. The van der Waals surface area contributed by atoms with Gasteiger partial charge in [0.1, 0.15) is 4.21 Å². The molecule has 0 spiro atoms. The minimum Gasteiger partial charge on any atom is -0.456 e. The molecule has 2 aromatic carbocycles. The van der Waals surface area contributed by atoms with Crippen LogP contribution in [0.1, 0.15) is 29.9 Å². The fourth-order valence-electron chi connectivity index (χ4n) is 3.30. The van der Waals surface area contributed by atoms with E-state index in [0.29, 0.717) is 13.0 Å². The Bertz CT molecular complexity index is 1080. The number of esters is 1. The molecule has 1 heterocycles. The van der Waals surface area contributed by atoms with Gasteiger partial charge >= 0.3 is 5.97 Å². The molecule has 2 N–H and O–H groups in total. The van der Waals surface area contributed by atoms with Gasteiger partial charge in [-0.05, 0) is 29.0 Å². The molecule has 0 aliphatic rings. The van der Waals surface area contributed by atoms with Gasteiger partial charge in [-0.2, -0.15) is 0 Å². The van der Waals surface area contributed by atoms with E-state index in [-0.39, 0.29) is 23.1 Å². The third-order valence-electron chi connectivity index (χ3n) is 4.90. The second-order valence-corrected chi connectivity index (χ2v) is 10.2. The zero-order chi connectivity index (χ0) is 23.5. The lowest BCUT2D eigenvalue weighted by molar-refractivity contribution is -0.148. The maximum atomic E-state index is 12.1. The van der Waals surface area contributed by atoms with Crippen molar-refractivity contribution in [2.24, 2.45) is 0 Å². The number of nitrogens with one attached hydrogen (secondary N) is 2. The van der Waals surface area contributed by atoms with E-state index in [1.54, 1.807) is 11.4 Å². The van der Waals surface area contributed by atoms with Crippen molar-refractivity contribution < 1.29 is 22.7 Å². The van der Waals surface area contributed by atoms with E-state index < -0.39 is 28.5 Å². The predicted octanol–water partition coefficient (Wildman–Crippen LogP) is 3.30. The molecule has 33 heavy (non-hydrogen) atoms. The van der Waals surface area contributed by atoms with Crippen molar-refractivity contribution in [1.82, 2.24) is 10.0 Å². The van der Waals surface area contributed by atoms with Gasteiger partial charge in [-0.1, -0.05) is 66.7 Å². The Balaban J connectivity index is 1.39. The molecule has 0 bridgehead atoms. The third kappa shape index (κ3) is 7.81. The zero-order valence-corrected chi connectivity index (χ0v) is 19.6. The van der Waals surface area contributed by atoms with Gasteiger partial charge in [0, 0.05) is 19.0 Å². The first kappa shape index (κ1) is 24.6. The SMILES string of the molecule is O=C(COC(=O)CCNS(=O)(=O)c1cccs1)NCCC(c1ccccc1)c1ccccc1.